The van der Waals surface area contributed by atoms with E-state index < -0.39 is 16.1 Å². The molecule has 0 radical (unpaired) electrons. The number of anilines is 3. The van der Waals surface area contributed by atoms with E-state index in [9.17, 15) is 0 Å². The number of fused-ring (bicyclic) bond motifs is 16. The van der Waals surface area contributed by atoms with E-state index in [-0.39, 0.29) is 10.6 Å². The van der Waals surface area contributed by atoms with E-state index in [1.54, 1.807) is 5.56 Å². The van der Waals surface area contributed by atoms with E-state index in [1.165, 1.54) is 82.4 Å². The second-order valence-corrected chi connectivity index (χ2v) is 36.5. The van der Waals surface area contributed by atoms with Crippen molar-refractivity contribution in [2.45, 2.75) is 49.9 Å². The van der Waals surface area contributed by atoms with Crippen LogP contribution in [0.15, 0.2) is 276 Å². The Labute approximate surface area is 498 Å². The molecule has 1 aliphatic carbocycles. The predicted octanol–water partition coefficient (Wildman–Crippen LogP) is 23.0. The Morgan fingerprint density at radius 1 is 0.341 bits per heavy atom. The van der Waals surface area contributed by atoms with Gasteiger partial charge in [0.25, 0.3) is 0 Å². The van der Waals surface area contributed by atoms with Crippen molar-refractivity contribution in [3.63, 3.8) is 0 Å². The van der Waals surface area contributed by atoms with Gasteiger partial charge >= 0.3 is 0 Å². The molecule has 16 rings (SSSR count). The molecule has 0 amide bonds. The Hall–Kier alpha value is -9.53. The van der Waals surface area contributed by atoms with E-state index >= 15 is 0 Å². The average molecular weight is 1130 g/mol. The normalized spacial score (nSPS) is 13.6. The fourth-order valence-electron chi connectivity index (χ4n) is 15.8. The average Bonchev–Trinajstić information content (AvgIpc) is 1.53. The lowest BCUT2D eigenvalue weighted by Gasteiger charge is -2.51. The summed E-state index contributed by atoms with van der Waals surface area (Å²) < 4.78 is 13.3. The summed E-state index contributed by atoms with van der Waals surface area (Å²) in [6, 6.07) is 99.0. The highest BCUT2D eigenvalue weighted by atomic mass is 28.4. The van der Waals surface area contributed by atoms with Gasteiger partial charge in [0.05, 0.1) is 21.8 Å². The first-order valence-electron chi connectivity index (χ1n) is 29.9. The maximum atomic E-state index is 6.80. The van der Waals surface area contributed by atoms with E-state index in [2.05, 4.69) is 305 Å². The monoisotopic (exact) mass is 1130 g/mol. The topological polar surface area (TPSA) is 29.5 Å². The second kappa shape index (κ2) is 19.3. The van der Waals surface area contributed by atoms with Crippen LogP contribution in [0.4, 0.5) is 17.1 Å². The molecule has 0 saturated carbocycles. The highest BCUT2D eigenvalue weighted by Gasteiger charge is 2.60. The number of hydrogen-bond donors (Lipinski definition) is 0. The molecule has 1 aliphatic rings. The molecule has 5 heteroatoms. The highest BCUT2D eigenvalue weighted by molar-refractivity contribution is 7.00. The molecule has 3 nitrogen and oxygen atoms in total. The summed E-state index contributed by atoms with van der Waals surface area (Å²) in [4.78, 5) is 2.35. The predicted molar refractivity (Wildman–Crippen MR) is 366 cm³/mol. The first-order chi connectivity index (χ1) is 41.5. The summed E-state index contributed by atoms with van der Waals surface area (Å²) in [5.74, 6) is -0.0658. The fraction of sp³-hybridized carbons (Fsp3) is 0.100. The van der Waals surface area contributed by atoms with Gasteiger partial charge in [0.1, 0.15) is 16.7 Å². The van der Waals surface area contributed by atoms with Crippen molar-refractivity contribution in [3.05, 3.63) is 295 Å². The summed E-state index contributed by atoms with van der Waals surface area (Å²) >= 11 is 0. The van der Waals surface area contributed by atoms with Crippen LogP contribution in [0.5, 0.6) is 0 Å². The van der Waals surface area contributed by atoms with Crippen LogP contribution in [-0.2, 0) is 4.66 Å². The maximum Gasteiger partial charge on any atom is 0.159 e. The lowest BCUT2D eigenvalue weighted by molar-refractivity contribution is 0.661. The van der Waals surface area contributed by atoms with Crippen LogP contribution in [-0.4, -0.2) is 16.1 Å². The molecule has 2 heterocycles. The zero-order chi connectivity index (χ0) is 57.3. The van der Waals surface area contributed by atoms with Gasteiger partial charge in [-0.25, -0.2) is 0 Å². The molecule has 0 bridgehead atoms. The first-order valence-corrected chi connectivity index (χ1v) is 36.9. The van der Waals surface area contributed by atoms with Gasteiger partial charge in [-0.1, -0.05) is 252 Å². The summed E-state index contributed by atoms with van der Waals surface area (Å²) in [6.45, 7) is 16.0. The largest absolute Gasteiger partial charge is 0.456 e. The molecular formula is C80H63NO2Si2. The Morgan fingerprint density at radius 3 is 1.56 bits per heavy atom. The minimum absolute atomic E-state index is 0.0658. The number of furan rings is 2. The Morgan fingerprint density at radius 2 is 0.859 bits per heavy atom. The molecule has 0 N–H and O–H groups in total. The standard InChI is InChI=1S/C80H63NO2Si2/c1-84(2,3)80(85(4,5)6)70-50-68(54-28-21-29-55(47-54)74(51-25-9-7-10-26-51)67-41-23-39-65-60-35-17-19-43-72(60)82-78(65)67)58-33-13-15-37-62(58)75(70)76-63-38-16-14-34-59(63)69-49-53(45-46-64(69)77(76)80)52-27-22-32-57(48-52)81(56-30-11-8-12-31-56)71-42-24-40-66-61-36-18-20-44-73(61)83-79(66)71/h7-50,74H,1-6H3. The zero-order valence-corrected chi connectivity index (χ0v) is 50.7. The van der Waals surface area contributed by atoms with Crippen LogP contribution in [0.1, 0.15) is 33.7 Å². The van der Waals surface area contributed by atoms with Gasteiger partial charge in [-0.15, -0.1) is 0 Å². The van der Waals surface area contributed by atoms with Crippen molar-refractivity contribution in [2.75, 3.05) is 4.90 Å². The van der Waals surface area contributed by atoms with Gasteiger partial charge in [-0.3, -0.25) is 0 Å². The Bertz CT molecular complexity index is 5160. The van der Waals surface area contributed by atoms with E-state index in [0.717, 1.165) is 66.5 Å². The maximum absolute atomic E-state index is 6.80. The van der Waals surface area contributed by atoms with Gasteiger partial charge in [0, 0.05) is 49.1 Å². The van der Waals surface area contributed by atoms with Gasteiger partial charge < -0.3 is 13.7 Å². The van der Waals surface area contributed by atoms with Crippen molar-refractivity contribution in [3.8, 4) is 33.4 Å². The number of nitrogens with zero attached hydrogens (tertiary/aromatic N) is 1. The summed E-state index contributed by atoms with van der Waals surface area (Å²) in [5, 5.41) is 12.4. The smallest absolute Gasteiger partial charge is 0.159 e. The molecule has 0 aliphatic heterocycles. The minimum atomic E-state index is -2.24. The molecule has 85 heavy (non-hydrogen) atoms. The Balaban J connectivity index is 0.898. The van der Waals surface area contributed by atoms with Crippen LogP contribution in [0.25, 0.3) is 110 Å². The molecule has 408 valence electrons. The van der Waals surface area contributed by atoms with Crippen molar-refractivity contribution in [2.24, 2.45) is 0 Å². The third-order valence-corrected chi connectivity index (χ3v) is 28.9. The molecule has 15 aromatic rings. The number of benzene rings is 13. The van der Waals surface area contributed by atoms with Gasteiger partial charge in [0.2, 0.25) is 0 Å². The van der Waals surface area contributed by atoms with E-state index in [1.807, 2.05) is 6.07 Å². The molecule has 2 aromatic heterocycles. The van der Waals surface area contributed by atoms with Gasteiger partial charge in [-0.05, 0) is 143 Å². The molecular weight excluding hydrogens is 1060 g/mol. The van der Waals surface area contributed by atoms with Crippen molar-refractivity contribution < 1.29 is 8.83 Å². The van der Waals surface area contributed by atoms with Crippen LogP contribution < -0.4 is 4.90 Å². The van der Waals surface area contributed by atoms with E-state index in [4.69, 9.17) is 8.83 Å². The van der Waals surface area contributed by atoms with Crippen LogP contribution >= 0.6 is 0 Å². The van der Waals surface area contributed by atoms with E-state index in [0.29, 0.717) is 0 Å². The molecule has 0 spiro atoms. The summed E-state index contributed by atoms with van der Waals surface area (Å²) in [7, 11) is -4.48. The Kier molecular flexibility index (Phi) is 11.6. The van der Waals surface area contributed by atoms with Crippen molar-refractivity contribution in [1.29, 1.82) is 0 Å². The van der Waals surface area contributed by atoms with Crippen molar-refractivity contribution >= 4 is 109 Å². The minimum Gasteiger partial charge on any atom is -0.456 e. The number of hydrogen-bond acceptors (Lipinski definition) is 3. The molecule has 0 fully saturated rings. The third-order valence-electron chi connectivity index (χ3n) is 18.8. The molecule has 1 unspecified atom stereocenters. The molecule has 13 aromatic carbocycles. The van der Waals surface area contributed by atoms with Crippen LogP contribution in [0.2, 0.25) is 39.3 Å². The zero-order valence-electron chi connectivity index (χ0n) is 48.7. The quantitative estimate of drug-likeness (QED) is 0.0776. The fourth-order valence-corrected chi connectivity index (χ4v) is 28.9. The van der Waals surface area contributed by atoms with Gasteiger partial charge in [0.15, 0.2) is 5.58 Å². The molecule has 0 saturated heterocycles. The van der Waals surface area contributed by atoms with Gasteiger partial charge in [-0.2, -0.15) is 0 Å². The lowest BCUT2D eigenvalue weighted by Crippen LogP contribution is -2.63. The summed E-state index contributed by atoms with van der Waals surface area (Å²) in [5.41, 5.74) is 21.2. The van der Waals surface area contributed by atoms with Crippen LogP contribution in [0.3, 0.4) is 0 Å². The van der Waals surface area contributed by atoms with Crippen molar-refractivity contribution in [1.82, 2.24) is 0 Å². The highest BCUT2D eigenvalue weighted by Crippen LogP contribution is 2.64. The first kappa shape index (κ1) is 51.1. The molecule has 1 atom stereocenters. The SMILES string of the molecule is C[Si](C)(C)C1([Si](C)(C)C)c2cc(-c3cccc(C(c4ccccc4)c4cccc5c4oc4ccccc45)c3)c3ccccc3c2-c2c1c1ccc(-c3cccc(N(c4ccccc4)c4cccc5c4oc4ccccc45)c3)cc1c1ccccc21. The lowest BCUT2D eigenvalue weighted by atomic mass is 9.82. The third kappa shape index (κ3) is 7.69. The number of rotatable bonds is 10. The second-order valence-electron chi connectivity index (χ2n) is 25.5. The number of para-hydroxylation sites is 5. The summed E-state index contributed by atoms with van der Waals surface area (Å²) in [6.07, 6.45) is 0. The van der Waals surface area contributed by atoms with Crippen LogP contribution in [0, 0.1) is 0 Å².